The summed E-state index contributed by atoms with van der Waals surface area (Å²) in [4.78, 5) is 71.0. The van der Waals surface area contributed by atoms with E-state index in [4.69, 9.17) is 14.2 Å². The van der Waals surface area contributed by atoms with E-state index >= 15 is 4.79 Å². The Labute approximate surface area is 395 Å². The zero-order valence-electron chi connectivity index (χ0n) is 42.0. The monoisotopic (exact) mass is 923 g/mol. The van der Waals surface area contributed by atoms with Crippen LogP contribution in [0.15, 0.2) is 72.3 Å². The van der Waals surface area contributed by atoms with Crippen LogP contribution in [-0.2, 0) is 33.4 Å². The predicted octanol–water partition coefficient (Wildman–Crippen LogP) is 11.2. The minimum absolute atomic E-state index is 0.0218. The van der Waals surface area contributed by atoms with Crippen molar-refractivity contribution in [3.8, 4) is 0 Å². The van der Waals surface area contributed by atoms with Crippen LogP contribution < -0.4 is 10.6 Å². The molecule has 66 heavy (non-hydrogen) atoms. The quantitative estimate of drug-likeness (QED) is 0.129. The predicted molar refractivity (Wildman–Crippen MR) is 260 cm³/mol. The first-order chi connectivity index (χ1) is 30.7. The Morgan fingerprint density at radius 1 is 0.788 bits per heavy atom. The maximum Gasteiger partial charge on any atom is 0.408 e. The first-order valence-corrected chi connectivity index (χ1v) is 28.4. The number of fused-ring (bicyclic) bond motifs is 7. The van der Waals surface area contributed by atoms with Gasteiger partial charge < -0.3 is 24.8 Å². The van der Waals surface area contributed by atoms with Gasteiger partial charge in [-0.15, -0.1) is 0 Å². The van der Waals surface area contributed by atoms with Gasteiger partial charge in [-0.2, -0.15) is 0 Å². The van der Waals surface area contributed by atoms with Gasteiger partial charge in [0.05, 0.1) is 17.4 Å². The number of hydrogen-bond acceptors (Lipinski definition) is 8. The lowest BCUT2D eigenvalue weighted by Crippen LogP contribution is -2.69. The lowest BCUT2D eigenvalue weighted by molar-refractivity contribution is -0.204. The van der Waals surface area contributed by atoms with Crippen molar-refractivity contribution < 1.29 is 38.2 Å². The molecule has 2 aromatic rings. The highest BCUT2D eigenvalue weighted by atomic mass is 28.3. The molecule has 0 aliphatic heterocycles. The van der Waals surface area contributed by atoms with Crippen LogP contribution in [0.1, 0.15) is 137 Å². The number of benzene rings is 2. The molecule has 5 aliphatic carbocycles. The molecule has 10 nitrogen and oxygen atoms in total. The fourth-order valence-electron chi connectivity index (χ4n) is 13.7. The summed E-state index contributed by atoms with van der Waals surface area (Å²) < 4.78 is 18.2. The van der Waals surface area contributed by atoms with E-state index in [0.29, 0.717) is 38.7 Å². The second kappa shape index (κ2) is 17.7. The molecule has 7 rings (SSSR count). The van der Waals surface area contributed by atoms with Gasteiger partial charge in [-0.25, -0.2) is 4.79 Å². The van der Waals surface area contributed by atoms with Crippen LogP contribution in [0.2, 0.25) is 25.7 Å². The normalized spacial score (nSPS) is 35.2. The Hall–Kier alpha value is -4.25. The van der Waals surface area contributed by atoms with Crippen molar-refractivity contribution in [3.05, 3.63) is 83.4 Å². The number of hydrogen-bond donors (Lipinski definition) is 2. The molecule has 0 saturated heterocycles. The second-order valence-electron chi connectivity index (χ2n) is 24.6. The maximum absolute atomic E-state index is 15.4. The van der Waals surface area contributed by atoms with Gasteiger partial charge in [-0.05, 0) is 149 Å². The number of allylic oxidation sites excluding steroid dienone is 2. The van der Waals surface area contributed by atoms with Crippen molar-refractivity contribution in [2.75, 3.05) is 13.2 Å². The summed E-state index contributed by atoms with van der Waals surface area (Å²) in [6.07, 6.45) is 7.44. The lowest BCUT2D eigenvalue weighted by atomic mass is 9.33. The Morgan fingerprint density at radius 2 is 1.39 bits per heavy atom. The van der Waals surface area contributed by atoms with Crippen LogP contribution in [0.4, 0.5) is 4.79 Å². The molecular formula is C55H78N2O8Si. The summed E-state index contributed by atoms with van der Waals surface area (Å²) >= 11 is 0. The van der Waals surface area contributed by atoms with E-state index in [9.17, 15) is 19.2 Å². The van der Waals surface area contributed by atoms with Gasteiger partial charge in [0.15, 0.2) is 11.9 Å². The van der Waals surface area contributed by atoms with Gasteiger partial charge in [-0.1, -0.05) is 114 Å². The van der Waals surface area contributed by atoms with E-state index in [0.717, 1.165) is 42.9 Å². The molecule has 0 heterocycles. The highest BCUT2D eigenvalue weighted by molar-refractivity contribution is 6.76. The summed E-state index contributed by atoms with van der Waals surface area (Å²) in [5.41, 5.74) is -0.943. The van der Waals surface area contributed by atoms with Gasteiger partial charge in [0.2, 0.25) is 5.91 Å². The van der Waals surface area contributed by atoms with Gasteiger partial charge >= 0.3 is 18.0 Å². The molecule has 2 aromatic carbocycles. The molecule has 5 aliphatic rings. The van der Waals surface area contributed by atoms with E-state index in [-0.39, 0.29) is 52.9 Å². The van der Waals surface area contributed by atoms with Gasteiger partial charge in [0, 0.05) is 20.0 Å². The second-order valence-corrected chi connectivity index (χ2v) is 30.2. The zero-order chi connectivity index (χ0) is 48.3. The van der Waals surface area contributed by atoms with Crippen LogP contribution in [0.25, 0.3) is 0 Å². The number of amides is 2. The Kier molecular flexibility index (Phi) is 13.3. The molecule has 0 aromatic heterocycles. The van der Waals surface area contributed by atoms with Gasteiger partial charge in [0.25, 0.3) is 0 Å². The molecule has 0 radical (unpaired) electrons. The van der Waals surface area contributed by atoms with Gasteiger partial charge in [-0.3, -0.25) is 19.2 Å². The third-order valence-corrected chi connectivity index (χ3v) is 19.5. The number of carbonyl (C=O) groups is 5. The number of alkyl carbamates (subject to hydrolysis) is 1. The molecular weight excluding hydrogens is 845 g/mol. The molecule has 360 valence electrons. The van der Waals surface area contributed by atoms with Crippen molar-refractivity contribution in [1.29, 1.82) is 0 Å². The molecule has 2 N–H and O–H groups in total. The summed E-state index contributed by atoms with van der Waals surface area (Å²) in [7, 11) is -1.54. The molecule has 0 unspecified atom stereocenters. The highest BCUT2D eigenvalue weighted by Gasteiger charge is 2.72. The summed E-state index contributed by atoms with van der Waals surface area (Å²) in [6.45, 7) is 25.4. The largest absolute Gasteiger partial charge is 0.466 e. The fraction of sp³-hybridized carbons (Fsp3) is 0.655. The smallest absolute Gasteiger partial charge is 0.408 e. The van der Waals surface area contributed by atoms with Crippen molar-refractivity contribution in [3.63, 3.8) is 0 Å². The van der Waals surface area contributed by atoms with Crippen molar-refractivity contribution >= 4 is 37.8 Å². The number of esters is 2. The average molecular weight is 923 g/mol. The number of nitrogens with one attached hydrogen (secondary N) is 2. The maximum atomic E-state index is 15.4. The van der Waals surface area contributed by atoms with Crippen LogP contribution in [0, 0.1) is 50.2 Å². The van der Waals surface area contributed by atoms with Crippen LogP contribution in [0.3, 0.4) is 0 Å². The summed E-state index contributed by atoms with van der Waals surface area (Å²) in [6, 6.07) is 20.1. The standard InChI is InChI=1S/C55H78N2O8Si/c1-49(2,3)65-48(62)56-35-43(59)57-42-24-25-52(6)41(55(42,9)47(61)63-31-32-66(10,11)12)23-26-54(8)45(52)40(58)33-38-39-34-51(5,28-27-50(39,4)29-30-53(38,54)7)46(60)64-44(36-19-15-13-16-20-36)37-21-17-14-18-22-37/h13-22,33,39,41-42,44-45H,23-32,34-35H2,1-12H3,(H,56,62)(H,57,59)/t39-,41+,42-,45+,50+,51-,52-,53+,54+,55-/m0/s1. The first-order valence-electron chi connectivity index (χ1n) is 24.7. The van der Waals surface area contributed by atoms with E-state index in [1.807, 2.05) is 73.7 Å². The molecule has 10 atom stereocenters. The lowest BCUT2D eigenvalue weighted by Gasteiger charge is -2.70. The number of carbonyl (C=O) groups excluding carboxylic acids is 5. The minimum Gasteiger partial charge on any atom is -0.466 e. The molecule has 4 saturated carbocycles. The molecule has 0 spiro atoms. The Balaban J connectivity index is 1.18. The summed E-state index contributed by atoms with van der Waals surface area (Å²) in [5.74, 6) is -1.42. The van der Waals surface area contributed by atoms with Crippen LogP contribution in [-0.4, -0.2) is 62.6 Å². The van der Waals surface area contributed by atoms with E-state index < -0.39 is 59.5 Å². The van der Waals surface area contributed by atoms with Gasteiger partial charge in [0.1, 0.15) is 12.1 Å². The van der Waals surface area contributed by atoms with E-state index in [2.05, 4.69) is 64.9 Å². The highest BCUT2D eigenvalue weighted by Crippen LogP contribution is 2.75. The fourth-order valence-corrected chi connectivity index (χ4v) is 14.4. The minimum atomic E-state index is -1.54. The number of rotatable bonds is 11. The zero-order valence-corrected chi connectivity index (χ0v) is 43.0. The van der Waals surface area contributed by atoms with E-state index in [1.54, 1.807) is 20.8 Å². The molecule has 2 amide bonds. The molecule has 11 heteroatoms. The molecule has 4 fully saturated rings. The number of ketones is 1. The first kappa shape index (κ1) is 49.6. The summed E-state index contributed by atoms with van der Waals surface area (Å²) in [5, 5.41) is 5.73. The topological polar surface area (TPSA) is 137 Å². The Bertz CT molecular complexity index is 2180. The molecule has 0 bridgehead atoms. The van der Waals surface area contributed by atoms with E-state index in [1.165, 1.54) is 5.57 Å². The van der Waals surface area contributed by atoms with Crippen molar-refractivity contribution in [2.24, 2.45) is 50.2 Å². The van der Waals surface area contributed by atoms with Crippen LogP contribution in [0.5, 0.6) is 0 Å². The van der Waals surface area contributed by atoms with Crippen LogP contribution >= 0.6 is 0 Å². The third kappa shape index (κ3) is 9.07. The third-order valence-electron chi connectivity index (χ3n) is 17.8. The van der Waals surface area contributed by atoms with Crippen molar-refractivity contribution in [2.45, 2.75) is 164 Å². The van der Waals surface area contributed by atoms with Crippen molar-refractivity contribution in [1.82, 2.24) is 10.6 Å². The Morgan fingerprint density at radius 3 is 1.98 bits per heavy atom. The SMILES string of the molecule is CC(C)(C)OC(=O)NCC(=O)N[C@H]1CC[C@@]2(C)[C@@H](CC[C@]3(C)[C@@H]2C(=O)C=C2[C@@H]4C[C@@](C)(C(=O)OC(c5ccccc5)c5ccccc5)CC[C@]4(C)CC[C@]23C)[C@]1(C)C(=O)OCC[Si](C)(C)C. The number of ether oxygens (including phenoxy) is 3. The average Bonchev–Trinajstić information content (AvgIpc) is 3.24.